The molecule has 7 heteroatoms. The van der Waals surface area contributed by atoms with Gasteiger partial charge < -0.3 is 5.32 Å². The summed E-state index contributed by atoms with van der Waals surface area (Å²) in [4.78, 5) is 8.43. The van der Waals surface area contributed by atoms with Gasteiger partial charge in [-0.2, -0.15) is 4.31 Å². The van der Waals surface area contributed by atoms with Gasteiger partial charge in [0.1, 0.15) is 5.82 Å². The van der Waals surface area contributed by atoms with Crippen molar-refractivity contribution in [3.8, 4) is 0 Å². The fraction of sp³-hybridized carbons (Fsp3) is 0.600. The second-order valence-electron chi connectivity index (χ2n) is 4.11. The van der Waals surface area contributed by atoms with Gasteiger partial charge in [0.15, 0.2) is 0 Å². The molecule has 0 aromatic carbocycles. The Bertz CT molecular complexity index is 503. The fourth-order valence-corrected chi connectivity index (χ4v) is 3.23. The molecule has 2 heterocycles. The Labute approximate surface area is 101 Å². The predicted molar refractivity (Wildman–Crippen MR) is 65.1 cm³/mol. The first-order valence-electron chi connectivity index (χ1n) is 5.49. The molecule has 0 aliphatic carbocycles. The molecule has 1 aromatic heterocycles. The maximum Gasteiger partial charge on any atom is 0.211 e. The minimum Gasteiger partial charge on any atom is -0.372 e. The van der Waals surface area contributed by atoms with Crippen molar-refractivity contribution in [3.63, 3.8) is 0 Å². The quantitative estimate of drug-likeness (QED) is 0.857. The predicted octanol–water partition coefficient (Wildman–Crippen LogP) is 0.615. The number of hydrogen-bond acceptors (Lipinski definition) is 5. The average Bonchev–Trinajstić information content (AvgIpc) is 2.77. The van der Waals surface area contributed by atoms with Crippen molar-refractivity contribution in [2.75, 3.05) is 25.2 Å². The van der Waals surface area contributed by atoms with Crippen LogP contribution in [-0.4, -0.2) is 42.5 Å². The number of aromatic nitrogens is 2. The highest BCUT2D eigenvalue weighted by molar-refractivity contribution is 7.88. The summed E-state index contributed by atoms with van der Waals surface area (Å²) in [5.41, 5.74) is 0.708. The second kappa shape index (κ2) is 4.58. The molecule has 0 spiro atoms. The largest absolute Gasteiger partial charge is 0.372 e. The van der Waals surface area contributed by atoms with Crippen molar-refractivity contribution in [1.29, 1.82) is 0 Å². The van der Waals surface area contributed by atoms with E-state index in [1.54, 1.807) is 19.4 Å². The molecule has 0 bridgehead atoms. The maximum atomic E-state index is 11.6. The van der Waals surface area contributed by atoms with Gasteiger partial charge in [-0.1, -0.05) is 0 Å². The molecule has 1 atom stereocenters. The Balaban J connectivity index is 2.32. The van der Waals surface area contributed by atoms with E-state index in [1.807, 2.05) is 0 Å². The lowest BCUT2D eigenvalue weighted by molar-refractivity contribution is 0.393. The molecule has 1 saturated heterocycles. The van der Waals surface area contributed by atoms with E-state index in [9.17, 15) is 8.42 Å². The molecule has 17 heavy (non-hydrogen) atoms. The summed E-state index contributed by atoms with van der Waals surface area (Å²) in [6.45, 7) is 0.564. The Morgan fingerprint density at radius 3 is 2.88 bits per heavy atom. The Kier molecular flexibility index (Phi) is 3.30. The Hall–Kier alpha value is -1.21. The van der Waals surface area contributed by atoms with Gasteiger partial charge in [0.25, 0.3) is 0 Å². The van der Waals surface area contributed by atoms with Crippen molar-refractivity contribution >= 4 is 15.8 Å². The number of nitrogens with zero attached hydrogens (tertiary/aromatic N) is 3. The van der Waals surface area contributed by atoms with Gasteiger partial charge in [0.2, 0.25) is 10.0 Å². The molecule has 1 aliphatic heterocycles. The first-order chi connectivity index (χ1) is 8.02. The van der Waals surface area contributed by atoms with E-state index in [2.05, 4.69) is 15.3 Å². The van der Waals surface area contributed by atoms with E-state index in [-0.39, 0.29) is 6.04 Å². The van der Waals surface area contributed by atoms with Crippen molar-refractivity contribution in [1.82, 2.24) is 14.3 Å². The lowest BCUT2D eigenvalue weighted by atomic mass is 10.2. The summed E-state index contributed by atoms with van der Waals surface area (Å²) in [5.74, 6) is 0.655. The highest BCUT2D eigenvalue weighted by atomic mass is 32.2. The van der Waals surface area contributed by atoms with Crippen molar-refractivity contribution < 1.29 is 8.42 Å². The first kappa shape index (κ1) is 12.3. The highest BCUT2D eigenvalue weighted by Gasteiger charge is 2.33. The van der Waals surface area contributed by atoms with Crippen molar-refractivity contribution in [2.24, 2.45) is 0 Å². The topological polar surface area (TPSA) is 75.2 Å². The Morgan fingerprint density at radius 1 is 1.47 bits per heavy atom. The van der Waals surface area contributed by atoms with Gasteiger partial charge in [-0.3, -0.25) is 4.98 Å². The van der Waals surface area contributed by atoms with Crippen LogP contribution < -0.4 is 5.32 Å². The number of nitrogens with one attached hydrogen (secondary N) is 1. The van der Waals surface area contributed by atoms with Crippen LogP contribution in [0.1, 0.15) is 24.6 Å². The molecule has 0 radical (unpaired) electrons. The third-order valence-corrected chi connectivity index (χ3v) is 4.17. The van der Waals surface area contributed by atoms with E-state index >= 15 is 0 Å². The number of anilines is 1. The van der Waals surface area contributed by atoms with Crippen LogP contribution >= 0.6 is 0 Å². The van der Waals surface area contributed by atoms with Crippen LogP contribution in [0.15, 0.2) is 12.4 Å². The molecular weight excluding hydrogens is 240 g/mol. The van der Waals surface area contributed by atoms with Crippen LogP contribution in [0.5, 0.6) is 0 Å². The minimum atomic E-state index is -3.17. The van der Waals surface area contributed by atoms with E-state index in [0.29, 0.717) is 18.1 Å². The summed E-state index contributed by atoms with van der Waals surface area (Å²) in [5, 5.41) is 2.90. The summed E-state index contributed by atoms with van der Waals surface area (Å²) < 4.78 is 24.8. The molecule has 0 amide bonds. The normalized spacial score (nSPS) is 21.6. The van der Waals surface area contributed by atoms with Crippen molar-refractivity contribution in [3.05, 3.63) is 18.1 Å². The smallest absolute Gasteiger partial charge is 0.211 e. The summed E-state index contributed by atoms with van der Waals surface area (Å²) in [6, 6.07) is -0.175. The number of sulfonamides is 1. The molecule has 6 nitrogen and oxygen atoms in total. The standard InChI is InChI=1S/C10H16N4O2S/c1-11-10-7-12-6-8(13-10)9-4-3-5-14(9)17(2,15)16/h6-7,9H,3-5H2,1-2H3,(H,11,13). The molecular formula is C10H16N4O2S. The highest BCUT2D eigenvalue weighted by Crippen LogP contribution is 2.32. The zero-order chi connectivity index (χ0) is 12.5. The van der Waals surface area contributed by atoms with E-state index < -0.39 is 10.0 Å². The van der Waals surface area contributed by atoms with Crippen LogP contribution in [0.25, 0.3) is 0 Å². The van der Waals surface area contributed by atoms with Gasteiger partial charge in [0.05, 0.1) is 30.4 Å². The lowest BCUT2D eigenvalue weighted by Gasteiger charge is -2.21. The van der Waals surface area contributed by atoms with Crippen LogP contribution in [0.2, 0.25) is 0 Å². The Morgan fingerprint density at radius 2 is 2.24 bits per heavy atom. The zero-order valence-electron chi connectivity index (χ0n) is 9.92. The first-order valence-corrected chi connectivity index (χ1v) is 7.33. The lowest BCUT2D eigenvalue weighted by Crippen LogP contribution is -2.30. The van der Waals surface area contributed by atoms with Gasteiger partial charge in [0, 0.05) is 13.6 Å². The average molecular weight is 256 g/mol. The van der Waals surface area contributed by atoms with Gasteiger partial charge in [-0.05, 0) is 12.8 Å². The molecule has 1 fully saturated rings. The molecule has 1 aromatic rings. The SMILES string of the molecule is CNc1cncc(C2CCCN2S(C)(=O)=O)n1. The molecule has 94 valence electrons. The van der Waals surface area contributed by atoms with E-state index in [4.69, 9.17) is 0 Å². The van der Waals surface area contributed by atoms with Crippen molar-refractivity contribution in [2.45, 2.75) is 18.9 Å². The van der Waals surface area contributed by atoms with Gasteiger partial charge >= 0.3 is 0 Å². The summed E-state index contributed by atoms with van der Waals surface area (Å²) >= 11 is 0. The van der Waals surface area contributed by atoms with E-state index in [0.717, 1.165) is 12.8 Å². The van der Waals surface area contributed by atoms with Crippen LogP contribution in [0.3, 0.4) is 0 Å². The van der Waals surface area contributed by atoms with Gasteiger partial charge in [-0.25, -0.2) is 13.4 Å². The number of rotatable bonds is 3. The van der Waals surface area contributed by atoms with E-state index in [1.165, 1.54) is 10.6 Å². The summed E-state index contributed by atoms with van der Waals surface area (Å²) in [6.07, 6.45) is 6.15. The second-order valence-corrected chi connectivity index (χ2v) is 6.05. The maximum absolute atomic E-state index is 11.6. The molecule has 0 saturated carbocycles. The molecule has 1 unspecified atom stereocenters. The van der Waals surface area contributed by atoms with Gasteiger partial charge in [-0.15, -0.1) is 0 Å². The van der Waals surface area contributed by atoms with Crippen LogP contribution in [0.4, 0.5) is 5.82 Å². The zero-order valence-corrected chi connectivity index (χ0v) is 10.7. The third-order valence-electron chi connectivity index (χ3n) is 2.88. The summed E-state index contributed by atoms with van der Waals surface area (Å²) in [7, 11) is -1.41. The monoisotopic (exact) mass is 256 g/mol. The van der Waals surface area contributed by atoms with Crippen LogP contribution in [0, 0.1) is 0 Å². The number of hydrogen-bond donors (Lipinski definition) is 1. The minimum absolute atomic E-state index is 0.175. The molecule has 2 rings (SSSR count). The fourth-order valence-electron chi connectivity index (χ4n) is 2.09. The third kappa shape index (κ3) is 2.55. The molecule has 1 aliphatic rings. The molecule has 1 N–H and O–H groups in total. The van der Waals surface area contributed by atoms with Crippen LogP contribution in [-0.2, 0) is 10.0 Å².